The molecule has 0 bridgehead atoms. The molecule has 0 spiro atoms. The molecule has 0 unspecified atom stereocenters. The number of aromatic nitrogens is 2. The maximum Gasteiger partial charge on any atom is 0.261 e. The van der Waals surface area contributed by atoms with Gasteiger partial charge in [0, 0.05) is 30.3 Å². The molecule has 3 heterocycles. The van der Waals surface area contributed by atoms with E-state index in [0.717, 1.165) is 47.9 Å². The van der Waals surface area contributed by atoms with Crippen molar-refractivity contribution in [1.82, 2.24) is 15.1 Å². The van der Waals surface area contributed by atoms with Gasteiger partial charge in [0.25, 0.3) is 5.91 Å². The summed E-state index contributed by atoms with van der Waals surface area (Å²) in [5.41, 5.74) is 3.49. The van der Waals surface area contributed by atoms with Gasteiger partial charge in [-0.25, -0.2) is 0 Å². The topological polar surface area (TPSA) is 56.2 Å². The Morgan fingerprint density at radius 3 is 2.96 bits per heavy atom. The van der Waals surface area contributed by atoms with Crippen LogP contribution in [0.1, 0.15) is 57.4 Å². The van der Waals surface area contributed by atoms with E-state index in [9.17, 15) is 4.79 Å². The minimum absolute atomic E-state index is 0.00226. The van der Waals surface area contributed by atoms with Crippen LogP contribution in [0.25, 0.3) is 0 Å². The normalized spacial score (nSPS) is 17.4. The number of nitrogens with zero attached hydrogens (tertiary/aromatic N) is 2. The lowest BCUT2D eigenvalue weighted by Crippen LogP contribution is -2.25. The van der Waals surface area contributed by atoms with Crippen molar-refractivity contribution < 1.29 is 9.53 Å². The number of carbonyl (C=O) groups excluding carboxylic acids is 1. The molecular formula is C18H25N3O2S. The van der Waals surface area contributed by atoms with E-state index in [0.29, 0.717) is 6.54 Å². The highest BCUT2D eigenvalue weighted by Crippen LogP contribution is 2.33. The number of aryl methyl sites for hydroxylation is 2. The van der Waals surface area contributed by atoms with Gasteiger partial charge in [0.2, 0.25) is 0 Å². The first-order valence-electron chi connectivity index (χ1n) is 8.62. The highest BCUT2D eigenvalue weighted by molar-refractivity contribution is 7.14. The quantitative estimate of drug-likeness (QED) is 0.871. The molecule has 0 aromatic carbocycles. The summed E-state index contributed by atoms with van der Waals surface area (Å²) in [7, 11) is 0. The molecule has 24 heavy (non-hydrogen) atoms. The molecule has 2 aromatic rings. The fourth-order valence-electron chi connectivity index (χ4n) is 3.24. The summed E-state index contributed by atoms with van der Waals surface area (Å²) < 4.78 is 7.69. The van der Waals surface area contributed by atoms with Crippen molar-refractivity contribution in [3.63, 3.8) is 0 Å². The molecule has 1 aliphatic heterocycles. The van der Waals surface area contributed by atoms with Crippen LogP contribution in [0, 0.1) is 13.8 Å². The lowest BCUT2D eigenvalue weighted by atomic mass is 10.1. The van der Waals surface area contributed by atoms with Gasteiger partial charge in [-0.2, -0.15) is 5.10 Å². The fourth-order valence-corrected chi connectivity index (χ4v) is 4.25. The Bertz CT molecular complexity index is 714. The average molecular weight is 347 g/mol. The predicted molar refractivity (Wildman–Crippen MR) is 95.7 cm³/mol. The lowest BCUT2D eigenvalue weighted by molar-refractivity contribution is 0.0958. The monoisotopic (exact) mass is 347 g/mol. The van der Waals surface area contributed by atoms with Gasteiger partial charge >= 0.3 is 0 Å². The molecule has 1 aliphatic rings. The molecule has 2 aromatic heterocycles. The minimum Gasteiger partial charge on any atom is -0.373 e. The van der Waals surface area contributed by atoms with Gasteiger partial charge in [0.1, 0.15) is 0 Å². The first-order valence-corrected chi connectivity index (χ1v) is 9.44. The molecule has 1 saturated heterocycles. The van der Waals surface area contributed by atoms with Gasteiger partial charge < -0.3 is 10.1 Å². The van der Waals surface area contributed by atoms with Crippen molar-refractivity contribution in [2.45, 2.75) is 52.7 Å². The Morgan fingerprint density at radius 1 is 1.46 bits per heavy atom. The molecule has 1 amide bonds. The predicted octanol–water partition coefficient (Wildman–Crippen LogP) is 3.41. The second-order valence-corrected chi connectivity index (χ2v) is 7.29. The van der Waals surface area contributed by atoms with Gasteiger partial charge in [-0.1, -0.05) is 0 Å². The Labute approximate surface area is 147 Å². The van der Waals surface area contributed by atoms with Gasteiger partial charge in [-0.15, -0.1) is 11.3 Å². The fraction of sp³-hybridized carbons (Fsp3) is 0.556. The Balaban J connectivity index is 1.55. The average Bonchev–Trinajstić information content (AvgIpc) is 3.29. The molecule has 130 valence electrons. The van der Waals surface area contributed by atoms with Crippen LogP contribution >= 0.6 is 11.3 Å². The smallest absolute Gasteiger partial charge is 0.261 e. The largest absolute Gasteiger partial charge is 0.373 e. The van der Waals surface area contributed by atoms with Crippen molar-refractivity contribution in [3.05, 3.63) is 38.8 Å². The van der Waals surface area contributed by atoms with Crippen molar-refractivity contribution in [2.24, 2.45) is 0 Å². The van der Waals surface area contributed by atoms with E-state index in [1.54, 1.807) is 11.3 Å². The second kappa shape index (κ2) is 7.49. The number of ether oxygens (including phenoxy) is 1. The molecule has 6 heteroatoms. The highest BCUT2D eigenvalue weighted by atomic mass is 32.1. The maximum absolute atomic E-state index is 12.3. The van der Waals surface area contributed by atoms with Crippen molar-refractivity contribution in [2.75, 3.05) is 13.2 Å². The van der Waals surface area contributed by atoms with E-state index >= 15 is 0 Å². The number of nitrogens with one attached hydrogen (secondary N) is 1. The molecule has 5 nitrogen and oxygen atoms in total. The van der Waals surface area contributed by atoms with E-state index in [-0.39, 0.29) is 12.0 Å². The summed E-state index contributed by atoms with van der Waals surface area (Å²) in [6, 6.07) is 3.93. The zero-order valence-corrected chi connectivity index (χ0v) is 15.4. The van der Waals surface area contributed by atoms with Crippen LogP contribution in [0.5, 0.6) is 0 Å². The van der Waals surface area contributed by atoms with Crippen LogP contribution in [0.4, 0.5) is 0 Å². The minimum atomic E-state index is 0.00226. The molecule has 1 fully saturated rings. The molecule has 3 rings (SSSR count). The summed E-state index contributed by atoms with van der Waals surface area (Å²) in [5, 5.41) is 7.55. The standard InChI is InChI=1S/C18H25N3O2S/c1-4-21-13(3)14(12(2)20-21)9-10-19-18(22)17-8-7-16(24-17)15-6-5-11-23-15/h7-8,15H,4-6,9-11H2,1-3H3,(H,19,22)/t15-/m1/s1. The molecule has 0 aliphatic carbocycles. The highest BCUT2D eigenvalue weighted by Gasteiger charge is 2.21. The first kappa shape index (κ1) is 17.2. The number of rotatable bonds is 6. The summed E-state index contributed by atoms with van der Waals surface area (Å²) in [5.74, 6) is 0.00226. The number of thiophene rings is 1. The molecule has 0 radical (unpaired) electrons. The Morgan fingerprint density at radius 2 is 2.29 bits per heavy atom. The molecule has 1 N–H and O–H groups in total. The third kappa shape index (κ3) is 3.54. The van der Waals surface area contributed by atoms with Crippen LogP contribution in [0.2, 0.25) is 0 Å². The Kier molecular flexibility index (Phi) is 5.36. The number of carbonyl (C=O) groups is 1. The first-order chi connectivity index (χ1) is 11.6. The Hall–Kier alpha value is -1.66. The summed E-state index contributed by atoms with van der Waals surface area (Å²) in [6.07, 6.45) is 3.16. The van der Waals surface area contributed by atoms with Crippen molar-refractivity contribution in [1.29, 1.82) is 0 Å². The van der Waals surface area contributed by atoms with Crippen molar-refractivity contribution in [3.8, 4) is 0 Å². The number of amides is 1. The van der Waals surface area contributed by atoms with Gasteiger partial charge in [0.15, 0.2) is 0 Å². The van der Waals surface area contributed by atoms with E-state index in [1.165, 1.54) is 11.3 Å². The molecule has 0 saturated carbocycles. The van der Waals surface area contributed by atoms with Crippen LogP contribution in [0.3, 0.4) is 0 Å². The van der Waals surface area contributed by atoms with Crippen LogP contribution in [-0.2, 0) is 17.7 Å². The summed E-state index contributed by atoms with van der Waals surface area (Å²) >= 11 is 1.55. The van der Waals surface area contributed by atoms with Gasteiger partial charge in [-0.05, 0) is 57.7 Å². The van der Waals surface area contributed by atoms with Crippen LogP contribution in [-0.4, -0.2) is 28.8 Å². The molecule has 1 atom stereocenters. The lowest BCUT2D eigenvalue weighted by Gasteiger charge is -2.06. The van der Waals surface area contributed by atoms with Crippen LogP contribution < -0.4 is 5.32 Å². The zero-order valence-electron chi connectivity index (χ0n) is 14.6. The van der Waals surface area contributed by atoms with E-state index in [4.69, 9.17) is 4.74 Å². The third-order valence-electron chi connectivity index (χ3n) is 4.59. The summed E-state index contributed by atoms with van der Waals surface area (Å²) in [4.78, 5) is 14.3. The number of hydrogen-bond acceptors (Lipinski definition) is 4. The summed E-state index contributed by atoms with van der Waals surface area (Å²) in [6.45, 7) is 8.54. The maximum atomic E-state index is 12.3. The second-order valence-electron chi connectivity index (χ2n) is 6.17. The van der Waals surface area contributed by atoms with E-state index in [1.807, 2.05) is 23.7 Å². The van der Waals surface area contributed by atoms with Gasteiger partial charge in [0.05, 0.1) is 16.7 Å². The SMILES string of the molecule is CCn1nc(C)c(CCNC(=O)c2ccc([C@H]3CCCO3)s2)c1C. The van der Waals surface area contributed by atoms with E-state index in [2.05, 4.69) is 24.3 Å². The zero-order chi connectivity index (χ0) is 17.1. The molecular weight excluding hydrogens is 322 g/mol. The van der Waals surface area contributed by atoms with Crippen LogP contribution in [0.15, 0.2) is 12.1 Å². The van der Waals surface area contributed by atoms with E-state index < -0.39 is 0 Å². The van der Waals surface area contributed by atoms with Crippen molar-refractivity contribution >= 4 is 17.2 Å². The third-order valence-corrected chi connectivity index (χ3v) is 5.77. The van der Waals surface area contributed by atoms with Gasteiger partial charge in [-0.3, -0.25) is 9.48 Å². The number of hydrogen-bond donors (Lipinski definition) is 1.